The maximum Gasteiger partial charge on any atom is 0.280 e. The summed E-state index contributed by atoms with van der Waals surface area (Å²) in [6.45, 7) is 0.292. The van der Waals surface area contributed by atoms with E-state index >= 15 is 0 Å². The fourth-order valence-corrected chi connectivity index (χ4v) is 2.76. The highest BCUT2D eigenvalue weighted by molar-refractivity contribution is 6.09. The first-order chi connectivity index (χ1) is 12.2. The lowest BCUT2D eigenvalue weighted by Gasteiger charge is -2.20. The number of hydrogen-bond acceptors (Lipinski definition) is 4. The summed E-state index contributed by atoms with van der Waals surface area (Å²) in [6.07, 6.45) is 1.67. The molecule has 0 unspecified atom stereocenters. The molecule has 1 aliphatic heterocycles. The summed E-state index contributed by atoms with van der Waals surface area (Å²) in [4.78, 5) is 27.8. The third-order valence-electron chi connectivity index (χ3n) is 3.97. The lowest BCUT2D eigenvalue weighted by Crippen LogP contribution is -2.32. The van der Waals surface area contributed by atoms with Gasteiger partial charge in [0.15, 0.2) is 5.69 Å². The molecule has 7 heteroatoms. The average molecular weight is 333 g/mol. The fraction of sp³-hybridized carbons (Fsp3) is 0.111. The van der Waals surface area contributed by atoms with Crippen LogP contribution < -0.4 is 10.2 Å². The van der Waals surface area contributed by atoms with Gasteiger partial charge in [-0.05, 0) is 24.3 Å². The van der Waals surface area contributed by atoms with Gasteiger partial charge in [-0.3, -0.25) is 9.59 Å². The highest BCUT2D eigenvalue weighted by atomic mass is 16.2. The minimum atomic E-state index is -0.286. The van der Waals surface area contributed by atoms with Crippen LogP contribution in [0.2, 0.25) is 0 Å². The molecule has 4 rings (SSSR count). The molecule has 0 spiro atoms. The number of fused-ring (bicyclic) bond motifs is 1. The zero-order chi connectivity index (χ0) is 17.2. The summed E-state index contributed by atoms with van der Waals surface area (Å²) in [5, 5.41) is 11.3. The number of benzene rings is 2. The quantitative estimate of drug-likeness (QED) is 0.780. The van der Waals surface area contributed by atoms with Gasteiger partial charge in [0.25, 0.3) is 5.91 Å². The van der Waals surface area contributed by atoms with Crippen LogP contribution in [0, 0.1) is 0 Å². The molecule has 2 heterocycles. The molecular formula is C18H15N5O2. The van der Waals surface area contributed by atoms with Gasteiger partial charge < -0.3 is 10.2 Å². The number of nitrogens with one attached hydrogen (secondary N) is 1. The van der Waals surface area contributed by atoms with Gasteiger partial charge >= 0.3 is 0 Å². The monoisotopic (exact) mass is 333 g/mol. The van der Waals surface area contributed by atoms with Crippen LogP contribution in [-0.2, 0) is 4.79 Å². The first-order valence-electron chi connectivity index (χ1n) is 7.91. The Morgan fingerprint density at radius 3 is 2.64 bits per heavy atom. The Labute approximate surface area is 143 Å². The number of hydrogen-bond donors (Lipinski definition) is 1. The summed E-state index contributed by atoms with van der Waals surface area (Å²) < 4.78 is 0. The molecule has 2 aromatic carbocycles. The number of amides is 2. The summed E-state index contributed by atoms with van der Waals surface area (Å²) in [7, 11) is 0. The largest absolute Gasteiger partial charge is 0.324 e. The minimum absolute atomic E-state index is 0.115. The van der Waals surface area contributed by atoms with Crippen molar-refractivity contribution in [3.8, 4) is 5.69 Å². The van der Waals surface area contributed by atoms with E-state index in [0.29, 0.717) is 17.9 Å². The molecule has 0 atom stereocenters. The molecule has 3 aromatic rings. The van der Waals surface area contributed by atoms with E-state index in [9.17, 15) is 9.59 Å². The van der Waals surface area contributed by atoms with Crippen molar-refractivity contribution in [2.24, 2.45) is 0 Å². The van der Waals surface area contributed by atoms with Crippen LogP contribution in [0.25, 0.3) is 5.69 Å². The lowest BCUT2D eigenvalue weighted by molar-refractivity contribution is -0.115. The van der Waals surface area contributed by atoms with Crippen LogP contribution in [0.1, 0.15) is 16.9 Å². The first kappa shape index (κ1) is 15.1. The van der Waals surface area contributed by atoms with Crippen molar-refractivity contribution in [1.82, 2.24) is 15.0 Å². The van der Waals surface area contributed by atoms with Crippen LogP contribution in [0.4, 0.5) is 11.4 Å². The van der Waals surface area contributed by atoms with Gasteiger partial charge in [-0.25, -0.2) is 0 Å². The third kappa shape index (κ3) is 2.87. The summed E-state index contributed by atoms with van der Waals surface area (Å²) in [5.74, 6) is -0.401. The molecule has 7 nitrogen and oxygen atoms in total. The first-order valence-corrected chi connectivity index (χ1v) is 7.91. The van der Waals surface area contributed by atoms with Crippen LogP contribution >= 0.6 is 0 Å². The normalized spacial score (nSPS) is 13.8. The summed E-state index contributed by atoms with van der Waals surface area (Å²) in [6, 6.07) is 16.6. The van der Waals surface area contributed by atoms with Gasteiger partial charge in [0, 0.05) is 13.0 Å². The van der Waals surface area contributed by atoms with Crippen molar-refractivity contribution in [3.05, 3.63) is 66.5 Å². The Bertz CT molecular complexity index is 935. The van der Waals surface area contributed by atoms with Gasteiger partial charge in [0.05, 0.1) is 23.3 Å². The van der Waals surface area contributed by atoms with Gasteiger partial charge in [0.1, 0.15) is 0 Å². The van der Waals surface area contributed by atoms with Crippen LogP contribution in [-0.4, -0.2) is 33.4 Å². The van der Waals surface area contributed by atoms with E-state index in [0.717, 1.165) is 5.69 Å². The van der Waals surface area contributed by atoms with Crippen molar-refractivity contribution in [2.45, 2.75) is 6.42 Å². The van der Waals surface area contributed by atoms with Gasteiger partial charge in [-0.15, -0.1) is 5.10 Å². The van der Waals surface area contributed by atoms with E-state index in [-0.39, 0.29) is 23.9 Å². The molecular weight excluding hydrogens is 318 g/mol. The fourth-order valence-electron chi connectivity index (χ4n) is 2.76. The smallest absolute Gasteiger partial charge is 0.280 e. The van der Waals surface area contributed by atoms with Crippen molar-refractivity contribution in [3.63, 3.8) is 0 Å². The Morgan fingerprint density at radius 1 is 1.04 bits per heavy atom. The SMILES string of the molecule is O=C1CCN(C(=O)c2cnn(-c3ccccc3)n2)c2ccccc2N1. The lowest BCUT2D eigenvalue weighted by atomic mass is 10.2. The second-order valence-electron chi connectivity index (χ2n) is 5.63. The van der Waals surface area contributed by atoms with Crippen molar-refractivity contribution in [1.29, 1.82) is 0 Å². The molecule has 0 fully saturated rings. The maximum absolute atomic E-state index is 12.9. The van der Waals surface area contributed by atoms with E-state index < -0.39 is 0 Å². The van der Waals surface area contributed by atoms with Crippen molar-refractivity contribution >= 4 is 23.2 Å². The molecule has 1 aliphatic rings. The Balaban J connectivity index is 1.67. The number of rotatable bonds is 2. The minimum Gasteiger partial charge on any atom is -0.324 e. The maximum atomic E-state index is 12.9. The predicted molar refractivity (Wildman–Crippen MR) is 92.7 cm³/mol. The number of para-hydroxylation sites is 3. The number of carbonyl (C=O) groups excluding carboxylic acids is 2. The van der Waals surface area contributed by atoms with Crippen molar-refractivity contribution in [2.75, 3.05) is 16.8 Å². The van der Waals surface area contributed by atoms with Gasteiger partial charge in [0.2, 0.25) is 5.91 Å². The van der Waals surface area contributed by atoms with E-state index in [4.69, 9.17) is 0 Å². The van der Waals surface area contributed by atoms with E-state index in [1.807, 2.05) is 42.5 Å². The Kier molecular flexibility index (Phi) is 3.74. The summed E-state index contributed by atoms with van der Waals surface area (Å²) in [5.41, 5.74) is 2.28. The molecule has 124 valence electrons. The Morgan fingerprint density at radius 2 is 1.80 bits per heavy atom. The highest BCUT2D eigenvalue weighted by Gasteiger charge is 2.26. The van der Waals surface area contributed by atoms with E-state index in [2.05, 4.69) is 15.5 Å². The molecule has 0 radical (unpaired) electrons. The van der Waals surface area contributed by atoms with Gasteiger partial charge in [-0.1, -0.05) is 30.3 Å². The van der Waals surface area contributed by atoms with Crippen LogP contribution in [0.15, 0.2) is 60.8 Å². The molecule has 2 amide bonds. The van der Waals surface area contributed by atoms with E-state index in [1.54, 1.807) is 17.0 Å². The van der Waals surface area contributed by atoms with Crippen LogP contribution in [0.5, 0.6) is 0 Å². The standard InChI is InChI=1S/C18H15N5O2/c24-17-10-11-22(16-9-5-4-8-14(16)20-17)18(25)15-12-19-23(21-15)13-6-2-1-3-7-13/h1-9,12H,10-11H2,(H,20,24). The zero-order valence-electron chi connectivity index (χ0n) is 13.3. The van der Waals surface area contributed by atoms with Crippen molar-refractivity contribution < 1.29 is 9.59 Å². The average Bonchev–Trinajstić information content (AvgIpc) is 3.07. The highest BCUT2D eigenvalue weighted by Crippen LogP contribution is 2.29. The molecule has 0 bridgehead atoms. The zero-order valence-corrected chi connectivity index (χ0v) is 13.3. The van der Waals surface area contributed by atoms with E-state index in [1.165, 1.54) is 11.0 Å². The topological polar surface area (TPSA) is 80.1 Å². The molecule has 1 N–H and O–H groups in total. The number of aromatic nitrogens is 3. The van der Waals surface area contributed by atoms with Crippen LogP contribution in [0.3, 0.4) is 0 Å². The molecule has 1 aromatic heterocycles. The predicted octanol–water partition coefficient (Wildman–Crippen LogP) is 2.26. The Hall–Kier alpha value is -3.48. The molecule has 0 saturated carbocycles. The second-order valence-corrected chi connectivity index (χ2v) is 5.63. The number of carbonyl (C=O) groups is 2. The molecule has 0 saturated heterocycles. The van der Waals surface area contributed by atoms with Gasteiger partial charge in [-0.2, -0.15) is 9.90 Å². The number of nitrogens with zero attached hydrogens (tertiary/aromatic N) is 4. The molecule has 25 heavy (non-hydrogen) atoms. The molecule has 0 aliphatic carbocycles. The second kappa shape index (κ2) is 6.20. The number of anilines is 2. The summed E-state index contributed by atoms with van der Waals surface area (Å²) >= 11 is 0. The third-order valence-corrected chi connectivity index (χ3v) is 3.97.